The Hall–Kier alpha value is -1.31. The summed E-state index contributed by atoms with van der Waals surface area (Å²) in [7, 11) is -3.52. The maximum absolute atomic E-state index is 12.2. The molecule has 0 saturated carbocycles. The molecule has 5 nitrogen and oxygen atoms in total. The van der Waals surface area contributed by atoms with Crippen molar-refractivity contribution in [3.05, 3.63) is 46.8 Å². The van der Waals surface area contributed by atoms with Crippen LogP contribution in [0.5, 0.6) is 0 Å². The predicted molar refractivity (Wildman–Crippen MR) is 85.8 cm³/mol. The highest BCUT2D eigenvalue weighted by Gasteiger charge is 2.19. The summed E-state index contributed by atoms with van der Waals surface area (Å²) in [5.41, 5.74) is 0.540. The molecule has 1 aromatic heterocycles. The van der Waals surface area contributed by atoms with Crippen LogP contribution in [0.15, 0.2) is 50.4 Å². The van der Waals surface area contributed by atoms with Crippen LogP contribution in [-0.4, -0.2) is 15.0 Å². The third kappa shape index (κ3) is 3.87. The first-order valence-electron chi connectivity index (χ1n) is 6.54. The molecule has 114 valence electrons. The number of benzene rings is 1. The molecule has 1 heterocycles. The van der Waals surface area contributed by atoms with E-state index in [9.17, 15) is 8.42 Å². The maximum Gasteiger partial charge on any atom is 0.242 e. The lowest BCUT2D eigenvalue weighted by molar-refractivity contribution is 0.470. The summed E-state index contributed by atoms with van der Waals surface area (Å²) in [6.45, 7) is 4.00. The molecule has 0 fully saturated rings. The lowest BCUT2D eigenvalue weighted by Gasteiger charge is -2.16. The molecule has 2 N–H and O–H groups in total. The Bertz CT molecular complexity index is 713. The zero-order valence-corrected chi connectivity index (χ0v) is 14.2. The van der Waals surface area contributed by atoms with Crippen molar-refractivity contribution in [2.24, 2.45) is 0 Å². The van der Waals surface area contributed by atoms with Gasteiger partial charge in [-0.15, -0.1) is 0 Å². The van der Waals surface area contributed by atoms with E-state index >= 15 is 0 Å². The van der Waals surface area contributed by atoms with Gasteiger partial charge >= 0.3 is 0 Å². The van der Waals surface area contributed by atoms with Gasteiger partial charge in [-0.2, -0.15) is 0 Å². The van der Waals surface area contributed by atoms with E-state index in [-0.39, 0.29) is 10.9 Å². The molecule has 0 radical (unpaired) electrons. The van der Waals surface area contributed by atoms with Gasteiger partial charge in [0, 0.05) is 6.54 Å². The van der Waals surface area contributed by atoms with E-state index < -0.39 is 10.0 Å². The van der Waals surface area contributed by atoms with Gasteiger partial charge in [0.25, 0.3) is 0 Å². The van der Waals surface area contributed by atoms with Crippen LogP contribution in [-0.2, 0) is 10.0 Å². The highest BCUT2D eigenvalue weighted by Crippen LogP contribution is 2.27. The predicted octanol–water partition coefficient (Wildman–Crippen LogP) is 3.51. The molecule has 0 aliphatic rings. The van der Waals surface area contributed by atoms with E-state index in [2.05, 4.69) is 26.0 Å². The molecule has 0 bridgehead atoms. The van der Waals surface area contributed by atoms with Gasteiger partial charge in [-0.25, -0.2) is 13.1 Å². The highest BCUT2D eigenvalue weighted by molar-refractivity contribution is 9.10. The van der Waals surface area contributed by atoms with Gasteiger partial charge < -0.3 is 9.73 Å². The second-order valence-electron chi connectivity index (χ2n) is 4.51. The number of nitrogens with one attached hydrogen (secondary N) is 2. The van der Waals surface area contributed by atoms with E-state index in [0.717, 1.165) is 5.76 Å². The highest BCUT2D eigenvalue weighted by atomic mass is 79.9. The lowest BCUT2D eigenvalue weighted by atomic mass is 10.2. The number of hydrogen-bond donors (Lipinski definition) is 2. The minimum Gasteiger partial charge on any atom is -0.452 e. The summed E-state index contributed by atoms with van der Waals surface area (Å²) in [5.74, 6) is 0.720. The number of sulfonamides is 1. The average Bonchev–Trinajstić information content (AvgIpc) is 2.86. The Morgan fingerprint density at radius 1 is 1.24 bits per heavy atom. The van der Waals surface area contributed by atoms with Crippen LogP contribution in [0.2, 0.25) is 0 Å². The second-order valence-corrected chi connectivity index (χ2v) is 7.02. The van der Waals surface area contributed by atoms with Gasteiger partial charge in [-0.05, 0) is 47.1 Å². The normalized spacial score (nSPS) is 13.1. The van der Waals surface area contributed by atoms with Crippen molar-refractivity contribution >= 4 is 31.6 Å². The standard InChI is InChI=1S/C14H17BrN2O3S/c1-3-16-21(18,19)13-7-5-4-6-11(13)17-10(2)12-8-9-14(15)20-12/h4-10,16-17H,3H2,1-2H3. The van der Waals surface area contributed by atoms with Crippen molar-refractivity contribution in [1.82, 2.24) is 4.72 Å². The summed E-state index contributed by atoms with van der Waals surface area (Å²) >= 11 is 3.25. The molecule has 1 atom stereocenters. The third-order valence-corrected chi connectivity index (χ3v) is 4.93. The van der Waals surface area contributed by atoms with Gasteiger partial charge in [-0.3, -0.25) is 0 Å². The Morgan fingerprint density at radius 2 is 1.95 bits per heavy atom. The number of anilines is 1. The minimum atomic E-state index is -3.52. The summed E-state index contributed by atoms with van der Waals surface area (Å²) < 4.78 is 33.0. The van der Waals surface area contributed by atoms with Crippen molar-refractivity contribution < 1.29 is 12.8 Å². The van der Waals surface area contributed by atoms with E-state index in [4.69, 9.17) is 4.42 Å². The van der Waals surface area contributed by atoms with Crippen molar-refractivity contribution in [2.75, 3.05) is 11.9 Å². The number of para-hydroxylation sites is 1. The summed E-state index contributed by atoms with van der Waals surface area (Å²) in [5, 5.41) is 3.17. The summed E-state index contributed by atoms with van der Waals surface area (Å²) in [6.07, 6.45) is 0. The van der Waals surface area contributed by atoms with Crippen molar-refractivity contribution in [2.45, 2.75) is 24.8 Å². The van der Waals surface area contributed by atoms with Crippen LogP contribution in [0, 0.1) is 0 Å². The van der Waals surface area contributed by atoms with Gasteiger partial charge in [0.2, 0.25) is 10.0 Å². The molecule has 2 aromatic rings. The second kappa shape index (κ2) is 6.64. The molecule has 1 unspecified atom stereocenters. The van der Waals surface area contributed by atoms with Crippen molar-refractivity contribution in [3.63, 3.8) is 0 Å². The molecule has 0 saturated heterocycles. The van der Waals surface area contributed by atoms with Gasteiger partial charge in [0.05, 0.1) is 11.7 Å². The van der Waals surface area contributed by atoms with Gasteiger partial charge in [0.1, 0.15) is 10.7 Å². The Kier molecular flexibility index (Phi) is 5.08. The first-order chi connectivity index (χ1) is 9.94. The summed E-state index contributed by atoms with van der Waals surface area (Å²) in [4.78, 5) is 0.226. The van der Waals surface area contributed by atoms with E-state index in [1.165, 1.54) is 0 Å². The maximum atomic E-state index is 12.2. The fourth-order valence-electron chi connectivity index (χ4n) is 1.95. The summed E-state index contributed by atoms with van der Waals surface area (Å²) in [6, 6.07) is 10.3. The zero-order valence-electron chi connectivity index (χ0n) is 11.8. The van der Waals surface area contributed by atoms with Crippen molar-refractivity contribution in [1.29, 1.82) is 0 Å². The molecular weight excluding hydrogens is 356 g/mol. The van der Waals surface area contributed by atoms with Gasteiger partial charge in [-0.1, -0.05) is 19.1 Å². The molecule has 7 heteroatoms. The Labute approximate surface area is 132 Å². The molecule has 1 aromatic carbocycles. The van der Waals surface area contributed by atoms with Crippen LogP contribution in [0.25, 0.3) is 0 Å². The van der Waals surface area contributed by atoms with Crippen LogP contribution in [0.1, 0.15) is 25.6 Å². The van der Waals surface area contributed by atoms with E-state index in [1.807, 2.05) is 13.0 Å². The average molecular weight is 373 g/mol. The topological polar surface area (TPSA) is 71.3 Å². The number of hydrogen-bond acceptors (Lipinski definition) is 4. The van der Waals surface area contributed by atoms with E-state index in [1.54, 1.807) is 37.3 Å². The van der Waals surface area contributed by atoms with Crippen molar-refractivity contribution in [3.8, 4) is 0 Å². The molecule has 2 rings (SSSR count). The fourth-order valence-corrected chi connectivity index (χ4v) is 3.48. The van der Waals surface area contributed by atoms with Crippen LogP contribution >= 0.6 is 15.9 Å². The first kappa shape index (κ1) is 16.1. The van der Waals surface area contributed by atoms with E-state index in [0.29, 0.717) is 16.9 Å². The molecule has 0 spiro atoms. The van der Waals surface area contributed by atoms with Crippen LogP contribution in [0.3, 0.4) is 0 Å². The smallest absolute Gasteiger partial charge is 0.242 e. The molecule has 0 aliphatic heterocycles. The Morgan fingerprint density at radius 3 is 2.57 bits per heavy atom. The molecule has 0 amide bonds. The third-order valence-electron chi connectivity index (χ3n) is 2.90. The lowest BCUT2D eigenvalue weighted by Crippen LogP contribution is -2.24. The largest absolute Gasteiger partial charge is 0.452 e. The first-order valence-corrected chi connectivity index (χ1v) is 8.82. The number of rotatable bonds is 6. The minimum absolute atomic E-state index is 0.158. The van der Waals surface area contributed by atoms with Crippen LogP contribution < -0.4 is 10.0 Å². The molecular formula is C14H17BrN2O3S. The number of halogens is 1. The van der Waals surface area contributed by atoms with Crippen LogP contribution in [0.4, 0.5) is 5.69 Å². The molecule has 0 aliphatic carbocycles. The molecule has 21 heavy (non-hydrogen) atoms. The number of furan rings is 1. The fraction of sp³-hybridized carbons (Fsp3) is 0.286. The quantitative estimate of drug-likeness (QED) is 0.813. The zero-order chi connectivity index (χ0) is 15.5. The SMILES string of the molecule is CCNS(=O)(=O)c1ccccc1NC(C)c1ccc(Br)o1. The van der Waals surface area contributed by atoms with Gasteiger partial charge in [0.15, 0.2) is 4.67 Å². The monoisotopic (exact) mass is 372 g/mol. The Balaban J connectivity index is 2.29.